The molecule has 0 bridgehead atoms. The van der Waals surface area contributed by atoms with Crippen LogP contribution < -0.4 is 5.32 Å². The van der Waals surface area contributed by atoms with E-state index in [2.05, 4.69) is 21.2 Å². The molecule has 0 saturated heterocycles. The minimum atomic E-state index is -0.483. The Kier molecular flexibility index (Phi) is 5.88. The smallest absolute Gasteiger partial charge is 0.407 e. The summed E-state index contributed by atoms with van der Waals surface area (Å²) < 4.78 is 6.05. The van der Waals surface area contributed by atoms with Crippen molar-refractivity contribution in [2.45, 2.75) is 26.4 Å². The van der Waals surface area contributed by atoms with Crippen LogP contribution >= 0.6 is 27.5 Å². The molecule has 0 fully saturated rings. The third-order valence-corrected chi connectivity index (χ3v) is 2.84. The standard InChI is InChI=1S/C14H17BrClNO2/c1-14(2,3)19-13(18)17-8-4-5-10-6-7-11(15)9-12(10)16/h4-7,9H,8H2,1-3H3,(H,17,18). The first kappa shape index (κ1) is 16.1. The Hall–Kier alpha value is -1.000. The van der Waals surface area contributed by atoms with E-state index in [9.17, 15) is 4.79 Å². The summed E-state index contributed by atoms with van der Waals surface area (Å²) in [6.07, 6.45) is 3.24. The summed E-state index contributed by atoms with van der Waals surface area (Å²) in [5, 5.41) is 3.30. The zero-order valence-corrected chi connectivity index (χ0v) is 13.5. The van der Waals surface area contributed by atoms with Crippen molar-refractivity contribution in [3.05, 3.63) is 39.3 Å². The number of carbonyl (C=O) groups is 1. The van der Waals surface area contributed by atoms with E-state index in [0.717, 1.165) is 10.0 Å². The number of nitrogens with one attached hydrogen (secondary N) is 1. The van der Waals surface area contributed by atoms with Gasteiger partial charge in [-0.25, -0.2) is 4.79 Å². The van der Waals surface area contributed by atoms with Crippen LogP contribution in [0.3, 0.4) is 0 Å². The Bertz CT molecular complexity index is 481. The number of ether oxygens (including phenoxy) is 1. The van der Waals surface area contributed by atoms with Gasteiger partial charge in [0.2, 0.25) is 0 Å². The molecule has 1 aromatic rings. The fourth-order valence-electron chi connectivity index (χ4n) is 1.28. The summed E-state index contributed by atoms with van der Waals surface area (Å²) in [6.45, 7) is 5.86. The van der Waals surface area contributed by atoms with Crippen molar-refractivity contribution in [1.29, 1.82) is 0 Å². The van der Waals surface area contributed by atoms with Gasteiger partial charge in [0.1, 0.15) is 5.60 Å². The van der Waals surface area contributed by atoms with Gasteiger partial charge >= 0.3 is 6.09 Å². The van der Waals surface area contributed by atoms with Crippen molar-refractivity contribution in [3.8, 4) is 0 Å². The minimum Gasteiger partial charge on any atom is -0.444 e. The first-order valence-corrected chi connectivity index (χ1v) is 7.03. The van der Waals surface area contributed by atoms with Crippen LogP contribution in [0.2, 0.25) is 5.02 Å². The van der Waals surface area contributed by atoms with Crippen LogP contribution in [0.5, 0.6) is 0 Å². The lowest BCUT2D eigenvalue weighted by Gasteiger charge is -2.19. The van der Waals surface area contributed by atoms with Gasteiger partial charge in [-0.05, 0) is 38.5 Å². The summed E-state index contributed by atoms with van der Waals surface area (Å²) in [6, 6.07) is 5.63. The third kappa shape index (κ3) is 6.64. The molecule has 1 amide bonds. The third-order valence-electron chi connectivity index (χ3n) is 2.02. The lowest BCUT2D eigenvalue weighted by Crippen LogP contribution is -2.32. The van der Waals surface area contributed by atoms with E-state index in [1.807, 2.05) is 51.1 Å². The predicted molar refractivity (Wildman–Crippen MR) is 82.4 cm³/mol. The molecule has 19 heavy (non-hydrogen) atoms. The second kappa shape index (κ2) is 6.96. The number of benzene rings is 1. The van der Waals surface area contributed by atoms with E-state index < -0.39 is 11.7 Å². The van der Waals surface area contributed by atoms with E-state index >= 15 is 0 Å². The molecule has 104 valence electrons. The van der Waals surface area contributed by atoms with Gasteiger partial charge in [0.25, 0.3) is 0 Å². The lowest BCUT2D eigenvalue weighted by molar-refractivity contribution is 0.0534. The Morgan fingerprint density at radius 2 is 2.16 bits per heavy atom. The van der Waals surface area contributed by atoms with Gasteiger partial charge in [-0.1, -0.05) is 45.7 Å². The van der Waals surface area contributed by atoms with Crippen molar-refractivity contribution in [1.82, 2.24) is 5.32 Å². The van der Waals surface area contributed by atoms with Crippen molar-refractivity contribution < 1.29 is 9.53 Å². The summed E-state index contributed by atoms with van der Waals surface area (Å²) >= 11 is 9.41. The van der Waals surface area contributed by atoms with E-state index in [1.54, 1.807) is 0 Å². The van der Waals surface area contributed by atoms with E-state index in [0.29, 0.717) is 11.6 Å². The first-order valence-electron chi connectivity index (χ1n) is 5.86. The van der Waals surface area contributed by atoms with Gasteiger partial charge in [0, 0.05) is 16.0 Å². The van der Waals surface area contributed by atoms with E-state index in [4.69, 9.17) is 16.3 Å². The van der Waals surface area contributed by atoms with Crippen LogP contribution in [-0.2, 0) is 4.74 Å². The molecule has 0 radical (unpaired) electrons. The second-order valence-corrected chi connectivity index (χ2v) is 6.27. The number of hydrogen-bond acceptors (Lipinski definition) is 2. The molecule has 1 aromatic carbocycles. The topological polar surface area (TPSA) is 38.3 Å². The Balaban J connectivity index is 2.44. The van der Waals surface area contributed by atoms with Crippen LogP contribution in [0.25, 0.3) is 6.08 Å². The maximum atomic E-state index is 11.4. The van der Waals surface area contributed by atoms with Crippen LogP contribution in [0.15, 0.2) is 28.7 Å². The zero-order chi connectivity index (χ0) is 14.5. The molecule has 0 aliphatic carbocycles. The molecule has 5 heteroatoms. The van der Waals surface area contributed by atoms with Crippen molar-refractivity contribution in [2.75, 3.05) is 6.54 Å². The fourth-order valence-corrected chi connectivity index (χ4v) is 2.02. The van der Waals surface area contributed by atoms with Gasteiger partial charge < -0.3 is 10.1 Å². The normalized spacial score (nSPS) is 11.6. The number of halogens is 2. The van der Waals surface area contributed by atoms with Gasteiger partial charge in [-0.15, -0.1) is 0 Å². The zero-order valence-electron chi connectivity index (χ0n) is 11.2. The van der Waals surface area contributed by atoms with Crippen molar-refractivity contribution in [2.24, 2.45) is 0 Å². The second-order valence-electron chi connectivity index (χ2n) is 4.95. The fraction of sp³-hybridized carbons (Fsp3) is 0.357. The number of alkyl carbamates (subject to hydrolysis) is 1. The number of hydrogen-bond donors (Lipinski definition) is 1. The van der Waals surface area contributed by atoms with Crippen LogP contribution in [0.1, 0.15) is 26.3 Å². The molecule has 1 rings (SSSR count). The highest BCUT2D eigenvalue weighted by Crippen LogP contribution is 2.22. The predicted octanol–water partition coefficient (Wildman–Crippen LogP) is 4.64. The first-order chi connectivity index (χ1) is 8.78. The Morgan fingerprint density at radius 1 is 1.47 bits per heavy atom. The van der Waals surface area contributed by atoms with Gasteiger partial charge in [-0.2, -0.15) is 0 Å². The summed E-state index contributed by atoms with van der Waals surface area (Å²) in [7, 11) is 0. The molecule has 0 saturated carbocycles. The van der Waals surface area contributed by atoms with E-state index in [1.165, 1.54) is 0 Å². The average molecular weight is 347 g/mol. The van der Waals surface area contributed by atoms with Gasteiger partial charge in [0.15, 0.2) is 0 Å². The highest BCUT2D eigenvalue weighted by atomic mass is 79.9. The van der Waals surface area contributed by atoms with Gasteiger partial charge in [-0.3, -0.25) is 0 Å². The molecule has 0 aliphatic heterocycles. The molecule has 1 N–H and O–H groups in total. The van der Waals surface area contributed by atoms with Crippen LogP contribution in [-0.4, -0.2) is 18.2 Å². The summed E-state index contributed by atoms with van der Waals surface area (Å²) in [5.41, 5.74) is 0.416. The molecular weight excluding hydrogens is 330 g/mol. The highest BCUT2D eigenvalue weighted by molar-refractivity contribution is 9.10. The van der Waals surface area contributed by atoms with Crippen LogP contribution in [0, 0.1) is 0 Å². The SMILES string of the molecule is CC(C)(C)OC(=O)NCC=Cc1ccc(Br)cc1Cl. The van der Waals surface area contributed by atoms with Crippen LogP contribution in [0.4, 0.5) is 4.79 Å². The largest absolute Gasteiger partial charge is 0.444 e. The number of carbonyl (C=O) groups excluding carboxylic acids is 1. The Morgan fingerprint density at radius 3 is 2.74 bits per heavy atom. The summed E-state index contributed by atoms with van der Waals surface area (Å²) in [5.74, 6) is 0. The minimum absolute atomic E-state index is 0.390. The number of rotatable bonds is 3. The highest BCUT2D eigenvalue weighted by Gasteiger charge is 2.14. The molecular formula is C14H17BrClNO2. The van der Waals surface area contributed by atoms with E-state index in [-0.39, 0.29) is 0 Å². The monoisotopic (exact) mass is 345 g/mol. The maximum Gasteiger partial charge on any atom is 0.407 e. The molecule has 0 unspecified atom stereocenters. The van der Waals surface area contributed by atoms with Crippen molar-refractivity contribution >= 4 is 39.7 Å². The molecule has 0 atom stereocenters. The average Bonchev–Trinajstić information content (AvgIpc) is 2.24. The summed E-state index contributed by atoms with van der Waals surface area (Å²) in [4.78, 5) is 11.4. The molecule has 0 aromatic heterocycles. The molecule has 3 nitrogen and oxygen atoms in total. The lowest BCUT2D eigenvalue weighted by atomic mass is 10.2. The molecule has 0 spiro atoms. The molecule has 0 heterocycles. The number of amides is 1. The van der Waals surface area contributed by atoms with Crippen molar-refractivity contribution in [3.63, 3.8) is 0 Å². The molecule has 0 aliphatic rings. The van der Waals surface area contributed by atoms with Gasteiger partial charge in [0.05, 0.1) is 0 Å². The Labute approximate surface area is 127 Å². The quantitative estimate of drug-likeness (QED) is 0.866. The maximum absolute atomic E-state index is 11.4.